The minimum atomic E-state index is -1.19. The van der Waals surface area contributed by atoms with Gasteiger partial charge in [0.2, 0.25) is 0 Å². The number of carbonyl (C=O) groups is 2. The second-order valence-corrected chi connectivity index (χ2v) is 2.14. The van der Waals surface area contributed by atoms with Crippen LogP contribution < -0.4 is 10.2 Å². The van der Waals surface area contributed by atoms with Crippen LogP contribution in [0.5, 0.6) is 0 Å². The number of carboxylic acid groups (broad SMARTS) is 2. The van der Waals surface area contributed by atoms with Crippen molar-refractivity contribution in [3.63, 3.8) is 0 Å². The molecule has 0 saturated heterocycles. The van der Waals surface area contributed by atoms with Gasteiger partial charge in [-0.25, -0.2) is 0 Å². The summed E-state index contributed by atoms with van der Waals surface area (Å²) in [5.41, 5.74) is 0.130. The van der Waals surface area contributed by atoms with E-state index in [1.165, 1.54) is 13.8 Å². The Kier molecular flexibility index (Phi) is 12.4. The van der Waals surface area contributed by atoms with E-state index in [2.05, 4.69) is 13.2 Å². The van der Waals surface area contributed by atoms with Gasteiger partial charge in [-0.05, 0) is 25.0 Å². The molecule has 0 N–H and O–H groups in total. The fourth-order valence-corrected chi connectivity index (χ4v) is 0. The fourth-order valence-electron chi connectivity index (χ4n) is 0. The first kappa shape index (κ1) is 17.9. The fraction of sp³-hybridized carbons (Fsp3) is 0.250. The topological polar surface area (TPSA) is 80.3 Å². The van der Waals surface area contributed by atoms with Crippen molar-refractivity contribution in [3.05, 3.63) is 24.3 Å². The van der Waals surface area contributed by atoms with E-state index in [-0.39, 0.29) is 27.9 Å². The second kappa shape index (κ2) is 9.02. The van der Waals surface area contributed by atoms with Crippen molar-refractivity contribution in [2.45, 2.75) is 13.8 Å². The predicted molar refractivity (Wildman–Crippen MR) is 39.6 cm³/mol. The summed E-state index contributed by atoms with van der Waals surface area (Å²) in [5.74, 6) is -2.37. The smallest absolute Gasteiger partial charge is 0.545 e. The number of hydrogen-bond donors (Lipinski definition) is 0. The van der Waals surface area contributed by atoms with Gasteiger partial charge >= 0.3 is 16.8 Å². The van der Waals surface area contributed by atoms with Crippen molar-refractivity contribution >= 4 is 11.9 Å². The number of hydrogen-bond acceptors (Lipinski definition) is 4. The molecule has 0 unspecified atom stereocenters. The average molecular weight is 229 g/mol. The quantitative estimate of drug-likeness (QED) is 0.546. The normalized spacial score (nSPS) is 6.92. The van der Waals surface area contributed by atoms with Gasteiger partial charge in [0.05, 0.1) is 11.9 Å². The van der Waals surface area contributed by atoms with Crippen LogP contribution >= 0.6 is 0 Å². The Morgan fingerprint density at radius 3 is 1.00 bits per heavy atom. The van der Waals surface area contributed by atoms with Gasteiger partial charge in [0.15, 0.2) is 0 Å². The largest absolute Gasteiger partial charge is 2.00 e. The summed E-state index contributed by atoms with van der Waals surface area (Å²) in [7, 11) is 0. The number of rotatable bonds is 2. The summed E-state index contributed by atoms with van der Waals surface area (Å²) in [5, 5.41) is 19.0. The van der Waals surface area contributed by atoms with Crippen LogP contribution in [-0.2, 0) is 26.4 Å². The number of carboxylic acids is 2. The van der Waals surface area contributed by atoms with Gasteiger partial charge in [0, 0.05) is 0 Å². The molecule has 1 radical (unpaired) electrons. The van der Waals surface area contributed by atoms with Crippen LogP contribution in [0, 0.1) is 0 Å². The van der Waals surface area contributed by atoms with Gasteiger partial charge in [-0.15, -0.1) is 0 Å². The summed E-state index contributed by atoms with van der Waals surface area (Å²) < 4.78 is 0. The standard InChI is InChI=1S/2C4H6O2.Co/c2*1-3(2)4(5)6;/h2*1H2,2H3,(H,5,6);/q;;+2/p-2. The van der Waals surface area contributed by atoms with Gasteiger partial charge in [-0.2, -0.15) is 0 Å². The molecule has 0 fully saturated rings. The van der Waals surface area contributed by atoms with Crippen LogP contribution in [0.25, 0.3) is 0 Å². The first-order chi connectivity index (χ1) is 5.29. The third-order valence-corrected chi connectivity index (χ3v) is 0.697. The Balaban J connectivity index is -0.000000143. The molecule has 5 heteroatoms. The maximum Gasteiger partial charge on any atom is 2.00 e. The molecule has 75 valence electrons. The molecule has 4 nitrogen and oxygen atoms in total. The van der Waals surface area contributed by atoms with Crippen molar-refractivity contribution in [2.75, 3.05) is 0 Å². The monoisotopic (exact) mass is 229 g/mol. The van der Waals surface area contributed by atoms with Crippen LogP contribution in [0.1, 0.15) is 13.8 Å². The molecule has 0 heterocycles. The maximum atomic E-state index is 9.49. The molecule has 0 bridgehead atoms. The molecule has 0 atom stereocenters. The number of aliphatic carboxylic acids is 2. The van der Waals surface area contributed by atoms with E-state index in [0.717, 1.165) is 0 Å². The first-order valence-electron chi connectivity index (χ1n) is 3.02. The van der Waals surface area contributed by atoms with Crippen LogP contribution in [0.3, 0.4) is 0 Å². The molecule has 0 aliphatic carbocycles. The summed E-state index contributed by atoms with van der Waals surface area (Å²) in [4.78, 5) is 19.0. The molecule has 0 rings (SSSR count). The van der Waals surface area contributed by atoms with Gasteiger partial charge in [-0.3, -0.25) is 0 Å². The zero-order valence-corrected chi connectivity index (χ0v) is 8.42. The van der Waals surface area contributed by atoms with Crippen LogP contribution in [0.4, 0.5) is 0 Å². The van der Waals surface area contributed by atoms with Crippen molar-refractivity contribution in [2.24, 2.45) is 0 Å². The predicted octanol–water partition coefficient (Wildman–Crippen LogP) is -1.38. The van der Waals surface area contributed by atoms with Crippen molar-refractivity contribution < 1.29 is 36.6 Å². The summed E-state index contributed by atoms with van der Waals surface area (Å²) >= 11 is 0. The Bertz CT molecular complexity index is 172. The minimum Gasteiger partial charge on any atom is -0.545 e. The molecule has 0 aliphatic rings. The van der Waals surface area contributed by atoms with Crippen LogP contribution in [0.15, 0.2) is 24.3 Å². The molecule has 0 amide bonds. The van der Waals surface area contributed by atoms with Crippen molar-refractivity contribution in [1.29, 1.82) is 0 Å². The number of carbonyl (C=O) groups excluding carboxylic acids is 2. The molecular weight excluding hydrogens is 219 g/mol. The maximum absolute atomic E-state index is 9.49. The van der Waals surface area contributed by atoms with Gasteiger partial charge < -0.3 is 19.8 Å². The van der Waals surface area contributed by atoms with Crippen LogP contribution in [-0.4, -0.2) is 11.9 Å². The molecule has 0 aromatic heterocycles. The van der Waals surface area contributed by atoms with E-state index in [4.69, 9.17) is 0 Å². The Labute approximate surface area is 87.2 Å². The summed E-state index contributed by atoms with van der Waals surface area (Å²) in [6.07, 6.45) is 0. The minimum absolute atomic E-state index is 0. The van der Waals surface area contributed by atoms with Crippen molar-refractivity contribution in [3.8, 4) is 0 Å². The van der Waals surface area contributed by atoms with Gasteiger partial charge in [-0.1, -0.05) is 13.2 Å². The van der Waals surface area contributed by atoms with E-state index in [0.29, 0.717) is 0 Å². The van der Waals surface area contributed by atoms with E-state index in [1.54, 1.807) is 0 Å². The summed E-state index contributed by atoms with van der Waals surface area (Å²) in [6.45, 7) is 8.95. The molecule has 0 aromatic rings. The average Bonchev–Trinajstić information content (AvgIpc) is 1.88. The van der Waals surface area contributed by atoms with E-state index in [9.17, 15) is 19.8 Å². The van der Waals surface area contributed by atoms with E-state index < -0.39 is 11.9 Å². The first-order valence-corrected chi connectivity index (χ1v) is 3.02. The van der Waals surface area contributed by atoms with Gasteiger partial charge in [0.1, 0.15) is 0 Å². The summed E-state index contributed by atoms with van der Waals surface area (Å²) in [6, 6.07) is 0. The Hall–Kier alpha value is -1.07. The molecular formula is C8H10CoO4. The van der Waals surface area contributed by atoms with E-state index >= 15 is 0 Å². The molecule has 13 heavy (non-hydrogen) atoms. The zero-order chi connectivity index (χ0) is 10.3. The van der Waals surface area contributed by atoms with Crippen molar-refractivity contribution in [1.82, 2.24) is 0 Å². The van der Waals surface area contributed by atoms with E-state index in [1.807, 2.05) is 0 Å². The Morgan fingerprint density at radius 1 is 0.923 bits per heavy atom. The Morgan fingerprint density at radius 2 is 1.00 bits per heavy atom. The zero-order valence-electron chi connectivity index (χ0n) is 7.38. The van der Waals surface area contributed by atoms with Gasteiger partial charge in [0.25, 0.3) is 0 Å². The third-order valence-electron chi connectivity index (χ3n) is 0.697. The molecule has 0 aliphatic heterocycles. The SMILES string of the molecule is C=C(C)C(=O)[O-].C=C(C)C(=O)[O-].[Co+2]. The van der Waals surface area contributed by atoms with Crippen LogP contribution in [0.2, 0.25) is 0 Å². The molecule has 0 aromatic carbocycles. The molecule has 0 saturated carbocycles. The molecule has 0 spiro atoms. The second-order valence-electron chi connectivity index (χ2n) is 2.14. The third kappa shape index (κ3) is 18.1.